The van der Waals surface area contributed by atoms with E-state index in [9.17, 15) is 4.79 Å². The van der Waals surface area contributed by atoms with Crippen LogP contribution in [0.3, 0.4) is 0 Å². The van der Waals surface area contributed by atoms with Gasteiger partial charge < -0.3 is 16.0 Å². The number of aromatic nitrogens is 4. The van der Waals surface area contributed by atoms with Gasteiger partial charge in [-0.3, -0.25) is 9.89 Å². The van der Waals surface area contributed by atoms with Crippen LogP contribution in [0.2, 0.25) is 5.02 Å². The number of rotatable bonds is 5. The fraction of sp³-hybridized carbons (Fsp3) is 0.280. The topological polar surface area (TPSA) is 113 Å². The Bertz CT molecular complexity index is 1330. The van der Waals surface area contributed by atoms with Crippen molar-refractivity contribution in [3.63, 3.8) is 0 Å². The van der Waals surface area contributed by atoms with Gasteiger partial charge in [-0.2, -0.15) is 5.10 Å². The Morgan fingerprint density at radius 1 is 1.15 bits per heavy atom. The normalized spacial score (nSPS) is 15.0. The minimum atomic E-state index is -0.319. The highest BCUT2D eigenvalue weighted by atomic mass is 35.5. The quantitative estimate of drug-likeness (QED) is 0.402. The Labute approximate surface area is 202 Å². The van der Waals surface area contributed by atoms with E-state index >= 15 is 0 Å². The van der Waals surface area contributed by atoms with E-state index in [0.717, 1.165) is 48.0 Å². The zero-order valence-electron chi connectivity index (χ0n) is 18.9. The Morgan fingerprint density at radius 3 is 2.65 bits per heavy atom. The van der Waals surface area contributed by atoms with Gasteiger partial charge in [0.15, 0.2) is 11.5 Å². The van der Waals surface area contributed by atoms with Crippen LogP contribution in [0, 0.1) is 5.92 Å². The lowest BCUT2D eigenvalue weighted by Crippen LogP contribution is -2.37. The second-order valence-corrected chi connectivity index (χ2v) is 9.18. The molecule has 1 saturated heterocycles. The number of carbonyl (C=O) groups is 1. The molecule has 0 spiro atoms. The smallest absolute Gasteiger partial charge is 0.273 e. The number of fused-ring (bicyclic) bond motifs is 1. The molecule has 4 N–H and O–H groups in total. The number of carbonyl (C=O) groups excluding carboxylic acids is 1. The molecule has 9 heteroatoms. The van der Waals surface area contributed by atoms with Gasteiger partial charge in [0, 0.05) is 23.1 Å². The number of aromatic amines is 1. The highest BCUT2D eigenvalue weighted by Crippen LogP contribution is 2.34. The predicted octanol–water partition coefficient (Wildman–Crippen LogP) is 3.99. The molecule has 0 radical (unpaired) electrons. The van der Waals surface area contributed by atoms with Crippen LogP contribution in [-0.2, 0) is 0 Å². The molecule has 1 aliphatic heterocycles. The molecule has 0 unspecified atom stereocenters. The lowest BCUT2D eigenvalue weighted by Gasteiger charge is -2.28. The summed E-state index contributed by atoms with van der Waals surface area (Å²) < 4.78 is 0. The molecule has 1 amide bonds. The maximum Gasteiger partial charge on any atom is 0.273 e. The van der Waals surface area contributed by atoms with Gasteiger partial charge in [0.05, 0.1) is 28.1 Å². The number of nitrogens with two attached hydrogens (primary N) is 1. The number of hydrogen-bond acceptors (Lipinski definition) is 6. The Balaban J connectivity index is 1.53. The first-order chi connectivity index (χ1) is 16.5. The van der Waals surface area contributed by atoms with Crippen molar-refractivity contribution in [2.45, 2.75) is 12.8 Å². The average Bonchev–Trinajstić information content (AvgIpc) is 3.33. The van der Waals surface area contributed by atoms with Crippen molar-refractivity contribution < 1.29 is 4.79 Å². The van der Waals surface area contributed by atoms with E-state index in [1.54, 1.807) is 12.3 Å². The van der Waals surface area contributed by atoms with E-state index in [1.807, 2.05) is 36.4 Å². The number of benzene rings is 2. The van der Waals surface area contributed by atoms with Crippen molar-refractivity contribution in [1.82, 2.24) is 30.4 Å². The molecule has 3 heterocycles. The van der Waals surface area contributed by atoms with Gasteiger partial charge in [0.25, 0.3) is 5.91 Å². The monoisotopic (exact) mass is 475 g/mol. The van der Waals surface area contributed by atoms with E-state index < -0.39 is 0 Å². The molecular weight excluding hydrogens is 450 g/mol. The molecule has 4 aromatic rings. The lowest BCUT2D eigenvalue weighted by molar-refractivity contribution is 0.0935. The van der Waals surface area contributed by atoms with Gasteiger partial charge in [-0.05, 0) is 51.0 Å². The van der Waals surface area contributed by atoms with Crippen LogP contribution in [0.5, 0.6) is 0 Å². The Kier molecular flexibility index (Phi) is 6.17. The number of hydrogen-bond donors (Lipinski definition) is 3. The molecule has 0 aliphatic carbocycles. The average molecular weight is 476 g/mol. The third kappa shape index (κ3) is 4.47. The van der Waals surface area contributed by atoms with Crippen LogP contribution in [0.15, 0.2) is 48.7 Å². The summed E-state index contributed by atoms with van der Waals surface area (Å²) in [5.74, 6) is 0.221. The summed E-state index contributed by atoms with van der Waals surface area (Å²) in [6.45, 7) is 2.67. The van der Waals surface area contributed by atoms with Gasteiger partial charge in [-0.15, -0.1) is 0 Å². The summed E-state index contributed by atoms with van der Waals surface area (Å²) >= 11 is 6.50. The fourth-order valence-corrected chi connectivity index (χ4v) is 4.62. The van der Waals surface area contributed by atoms with Crippen LogP contribution in [0.4, 0.5) is 5.82 Å². The van der Waals surface area contributed by atoms with E-state index in [4.69, 9.17) is 22.3 Å². The third-order valence-corrected chi connectivity index (χ3v) is 6.65. The van der Waals surface area contributed by atoms with Crippen molar-refractivity contribution >= 4 is 34.2 Å². The minimum absolute atomic E-state index is 0.0963. The number of halogens is 1. The molecule has 5 rings (SSSR count). The standard InChI is InChI=1S/C25H26ClN7O/c1-33-9-7-15(8-10-33)13-28-25(34)23-24(27)31-21(16-5-3-2-4-6-16)22(30-23)17-11-18-14-29-32-20(18)19(26)12-17/h2-6,11-12,14-15H,7-10,13H2,1H3,(H2,27,31)(H,28,34)(H,29,32). The van der Waals surface area contributed by atoms with Crippen LogP contribution >= 0.6 is 11.6 Å². The summed E-state index contributed by atoms with van der Waals surface area (Å²) in [6, 6.07) is 13.4. The first-order valence-corrected chi connectivity index (χ1v) is 11.7. The maximum atomic E-state index is 13.1. The summed E-state index contributed by atoms with van der Waals surface area (Å²) in [6.07, 6.45) is 3.81. The van der Waals surface area contributed by atoms with Crippen LogP contribution in [0.1, 0.15) is 23.3 Å². The number of piperidine rings is 1. The van der Waals surface area contributed by atoms with Crippen LogP contribution in [0.25, 0.3) is 33.4 Å². The van der Waals surface area contributed by atoms with Gasteiger partial charge in [-0.25, -0.2) is 9.97 Å². The molecule has 8 nitrogen and oxygen atoms in total. The number of likely N-dealkylation sites (tertiary alicyclic amines) is 1. The first-order valence-electron chi connectivity index (χ1n) is 11.3. The van der Waals surface area contributed by atoms with Crippen molar-refractivity contribution in [2.24, 2.45) is 5.92 Å². The number of nitrogens with one attached hydrogen (secondary N) is 2. The molecule has 34 heavy (non-hydrogen) atoms. The second kappa shape index (κ2) is 9.40. The van der Waals surface area contributed by atoms with Crippen LogP contribution < -0.4 is 11.1 Å². The van der Waals surface area contributed by atoms with Gasteiger partial charge >= 0.3 is 0 Å². The maximum absolute atomic E-state index is 13.1. The van der Waals surface area contributed by atoms with E-state index in [2.05, 4.69) is 32.4 Å². The predicted molar refractivity (Wildman–Crippen MR) is 135 cm³/mol. The van der Waals surface area contributed by atoms with E-state index in [-0.39, 0.29) is 17.4 Å². The highest BCUT2D eigenvalue weighted by Gasteiger charge is 2.22. The van der Waals surface area contributed by atoms with Crippen molar-refractivity contribution in [1.29, 1.82) is 0 Å². The van der Waals surface area contributed by atoms with Gasteiger partial charge in [-0.1, -0.05) is 41.9 Å². The first kappa shape index (κ1) is 22.3. The molecule has 2 aromatic carbocycles. The molecule has 174 valence electrons. The number of amides is 1. The number of H-pyrrole nitrogens is 1. The molecule has 2 aromatic heterocycles. The van der Waals surface area contributed by atoms with E-state index in [0.29, 0.717) is 28.9 Å². The largest absolute Gasteiger partial charge is 0.382 e. The lowest BCUT2D eigenvalue weighted by atomic mass is 9.97. The zero-order chi connectivity index (χ0) is 23.7. The van der Waals surface area contributed by atoms with Gasteiger partial charge in [0.2, 0.25) is 0 Å². The molecule has 0 atom stereocenters. The summed E-state index contributed by atoms with van der Waals surface area (Å²) in [5, 5.41) is 11.3. The van der Waals surface area contributed by atoms with Crippen LogP contribution in [-0.4, -0.2) is 57.7 Å². The molecule has 0 bridgehead atoms. The fourth-order valence-electron chi connectivity index (χ4n) is 4.35. The van der Waals surface area contributed by atoms with Crippen molar-refractivity contribution in [3.05, 3.63) is 59.4 Å². The summed E-state index contributed by atoms with van der Waals surface area (Å²) in [7, 11) is 2.12. The number of anilines is 1. The second-order valence-electron chi connectivity index (χ2n) is 8.77. The Morgan fingerprint density at radius 2 is 1.88 bits per heavy atom. The SMILES string of the molecule is CN1CCC(CNC(=O)c2nc(-c3cc(Cl)c4[nH]ncc4c3)c(-c3ccccc3)nc2N)CC1. The minimum Gasteiger partial charge on any atom is -0.382 e. The Hall–Kier alpha value is -3.49. The molecule has 1 aliphatic rings. The zero-order valence-corrected chi connectivity index (χ0v) is 19.6. The highest BCUT2D eigenvalue weighted by molar-refractivity contribution is 6.35. The number of nitrogens with zero attached hydrogens (tertiary/aromatic N) is 4. The van der Waals surface area contributed by atoms with E-state index in [1.165, 1.54) is 0 Å². The third-order valence-electron chi connectivity index (χ3n) is 6.35. The molecule has 1 fully saturated rings. The number of nitrogen functional groups attached to an aromatic ring is 1. The molecular formula is C25H26ClN7O. The van der Waals surface area contributed by atoms with Gasteiger partial charge in [0.1, 0.15) is 0 Å². The van der Waals surface area contributed by atoms with Crippen molar-refractivity contribution in [2.75, 3.05) is 32.4 Å². The molecule has 0 saturated carbocycles. The summed E-state index contributed by atoms with van der Waals surface area (Å²) in [5.41, 5.74) is 9.81. The van der Waals surface area contributed by atoms with Crippen molar-refractivity contribution in [3.8, 4) is 22.5 Å². The summed E-state index contributed by atoms with van der Waals surface area (Å²) in [4.78, 5) is 24.8.